The minimum Gasteiger partial charge on any atom is -0.377 e. The molecule has 2 heterocycles. The fourth-order valence-corrected chi connectivity index (χ4v) is 2.24. The Balaban J connectivity index is 1.78. The normalized spacial score (nSPS) is 20.3. The molecule has 1 saturated heterocycles. The third-order valence-corrected chi connectivity index (χ3v) is 3.05. The van der Waals surface area contributed by atoms with Crippen LogP contribution in [0.25, 0.3) is 0 Å². The molecule has 5 nitrogen and oxygen atoms in total. The largest absolute Gasteiger partial charge is 0.377 e. The molecule has 1 aliphatic rings. The number of aromatic nitrogens is 2. The van der Waals surface area contributed by atoms with E-state index in [1.807, 2.05) is 10.9 Å². The highest BCUT2D eigenvalue weighted by atomic mass is 16.5. The quantitative estimate of drug-likeness (QED) is 0.782. The number of likely N-dealkylation sites (N-methyl/N-ethyl adjacent to an activating group) is 1. The minimum absolute atomic E-state index is 0.408. The van der Waals surface area contributed by atoms with Gasteiger partial charge in [-0.25, -0.2) is 4.98 Å². The van der Waals surface area contributed by atoms with Gasteiger partial charge in [0.05, 0.1) is 18.1 Å². The fraction of sp³-hybridized carbons (Fsp3) is 0.750. The molecular formula is C12H22N4O. The van der Waals surface area contributed by atoms with Crippen molar-refractivity contribution in [3.05, 3.63) is 18.2 Å². The first-order valence-corrected chi connectivity index (χ1v) is 6.29. The van der Waals surface area contributed by atoms with E-state index in [0.717, 1.165) is 31.9 Å². The van der Waals surface area contributed by atoms with Gasteiger partial charge >= 0.3 is 0 Å². The molecule has 0 aromatic carbocycles. The van der Waals surface area contributed by atoms with Crippen LogP contribution in [0.2, 0.25) is 0 Å². The third kappa shape index (κ3) is 3.80. The number of nitrogens with zero attached hydrogens (tertiary/aromatic N) is 3. The van der Waals surface area contributed by atoms with Gasteiger partial charge in [0.25, 0.3) is 0 Å². The average Bonchev–Trinajstić information content (AvgIpc) is 2.91. The molecule has 1 unspecified atom stereocenters. The predicted molar refractivity (Wildman–Crippen MR) is 66.6 cm³/mol. The van der Waals surface area contributed by atoms with Gasteiger partial charge in [0.2, 0.25) is 0 Å². The average molecular weight is 238 g/mol. The second-order valence-corrected chi connectivity index (χ2v) is 4.72. The van der Waals surface area contributed by atoms with Crippen molar-refractivity contribution in [2.24, 2.45) is 5.73 Å². The molecular weight excluding hydrogens is 216 g/mol. The highest BCUT2D eigenvalue weighted by Gasteiger charge is 2.17. The van der Waals surface area contributed by atoms with Crippen LogP contribution in [-0.2, 0) is 17.8 Å². The van der Waals surface area contributed by atoms with Crippen molar-refractivity contribution in [3.63, 3.8) is 0 Å². The van der Waals surface area contributed by atoms with Gasteiger partial charge in [-0.2, -0.15) is 0 Å². The SMILES string of the molecule is CN(Cc1cn(CCN)cn1)CC1CCCO1. The van der Waals surface area contributed by atoms with E-state index in [-0.39, 0.29) is 0 Å². The smallest absolute Gasteiger partial charge is 0.0950 e. The molecule has 2 N–H and O–H groups in total. The summed E-state index contributed by atoms with van der Waals surface area (Å²) in [7, 11) is 2.11. The lowest BCUT2D eigenvalue weighted by Gasteiger charge is -2.19. The molecule has 1 fully saturated rings. The fourth-order valence-electron chi connectivity index (χ4n) is 2.24. The Hall–Kier alpha value is -0.910. The molecule has 17 heavy (non-hydrogen) atoms. The zero-order valence-corrected chi connectivity index (χ0v) is 10.5. The van der Waals surface area contributed by atoms with E-state index >= 15 is 0 Å². The van der Waals surface area contributed by atoms with Crippen LogP contribution >= 0.6 is 0 Å². The first-order chi connectivity index (χ1) is 8.28. The Kier molecular flexibility index (Phi) is 4.53. The number of rotatable bonds is 6. The monoisotopic (exact) mass is 238 g/mol. The van der Waals surface area contributed by atoms with E-state index < -0.39 is 0 Å². The standard InChI is InChI=1S/C12H22N4O/c1-15(9-12-3-2-6-17-12)7-11-8-16(5-4-13)10-14-11/h8,10,12H,2-7,9,13H2,1H3. The molecule has 1 atom stereocenters. The first kappa shape index (κ1) is 12.5. The molecule has 0 bridgehead atoms. The van der Waals surface area contributed by atoms with Crippen LogP contribution in [0.5, 0.6) is 0 Å². The number of hydrogen-bond acceptors (Lipinski definition) is 4. The van der Waals surface area contributed by atoms with Crippen LogP contribution in [0.4, 0.5) is 0 Å². The van der Waals surface area contributed by atoms with Crippen molar-refractivity contribution in [1.29, 1.82) is 0 Å². The van der Waals surface area contributed by atoms with E-state index in [1.165, 1.54) is 12.8 Å². The van der Waals surface area contributed by atoms with E-state index in [4.69, 9.17) is 10.5 Å². The molecule has 5 heteroatoms. The van der Waals surface area contributed by atoms with Crippen LogP contribution in [0.15, 0.2) is 12.5 Å². The Morgan fingerprint density at radius 1 is 1.65 bits per heavy atom. The molecule has 1 aromatic heterocycles. The maximum atomic E-state index is 5.62. The summed E-state index contributed by atoms with van der Waals surface area (Å²) in [4.78, 5) is 6.64. The molecule has 0 amide bonds. The van der Waals surface area contributed by atoms with Crippen molar-refractivity contribution < 1.29 is 4.74 Å². The van der Waals surface area contributed by atoms with Crippen molar-refractivity contribution in [2.45, 2.75) is 32.0 Å². The number of nitrogens with two attached hydrogens (primary N) is 1. The summed E-state index contributed by atoms with van der Waals surface area (Å²) >= 11 is 0. The van der Waals surface area contributed by atoms with Crippen molar-refractivity contribution in [1.82, 2.24) is 14.5 Å². The Bertz CT molecular complexity index is 333. The Morgan fingerprint density at radius 2 is 2.53 bits per heavy atom. The molecule has 0 aliphatic carbocycles. The molecule has 1 aromatic rings. The van der Waals surface area contributed by atoms with Gasteiger partial charge in [-0.1, -0.05) is 0 Å². The summed E-state index contributed by atoms with van der Waals surface area (Å²) in [5, 5.41) is 0. The summed E-state index contributed by atoms with van der Waals surface area (Å²) in [5.74, 6) is 0. The zero-order chi connectivity index (χ0) is 12.1. The number of ether oxygens (including phenoxy) is 1. The van der Waals surface area contributed by atoms with Gasteiger partial charge in [-0.05, 0) is 19.9 Å². The van der Waals surface area contributed by atoms with Crippen LogP contribution in [0, 0.1) is 0 Å². The Morgan fingerprint density at radius 3 is 3.24 bits per heavy atom. The molecule has 0 saturated carbocycles. The second kappa shape index (κ2) is 6.14. The van der Waals surface area contributed by atoms with Crippen molar-refractivity contribution >= 4 is 0 Å². The van der Waals surface area contributed by atoms with Gasteiger partial charge in [0, 0.05) is 39.0 Å². The van der Waals surface area contributed by atoms with Crippen molar-refractivity contribution in [2.75, 3.05) is 26.7 Å². The highest BCUT2D eigenvalue weighted by molar-refractivity contribution is 4.96. The summed E-state index contributed by atoms with van der Waals surface area (Å²) < 4.78 is 7.66. The summed E-state index contributed by atoms with van der Waals surface area (Å²) in [6.07, 6.45) is 6.71. The van der Waals surface area contributed by atoms with Crippen LogP contribution in [0.3, 0.4) is 0 Å². The molecule has 1 aliphatic heterocycles. The van der Waals surface area contributed by atoms with Crippen LogP contribution in [0.1, 0.15) is 18.5 Å². The lowest BCUT2D eigenvalue weighted by molar-refractivity contribution is 0.0790. The summed E-state index contributed by atoms with van der Waals surface area (Å²) in [5.41, 5.74) is 6.60. The van der Waals surface area contributed by atoms with Gasteiger partial charge in [-0.3, -0.25) is 4.90 Å². The van der Waals surface area contributed by atoms with Gasteiger partial charge in [-0.15, -0.1) is 0 Å². The predicted octanol–water partition coefficient (Wildman–Crippen LogP) is 0.453. The van der Waals surface area contributed by atoms with Gasteiger partial charge < -0.3 is 15.0 Å². The summed E-state index contributed by atoms with van der Waals surface area (Å²) in [6, 6.07) is 0. The van der Waals surface area contributed by atoms with E-state index in [9.17, 15) is 0 Å². The molecule has 96 valence electrons. The van der Waals surface area contributed by atoms with E-state index in [0.29, 0.717) is 12.6 Å². The first-order valence-electron chi connectivity index (χ1n) is 6.29. The second-order valence-electron chi connectivity index (χ2n) is 4.72. The lowest BCUT2D eigenvalue weighted by Crippen LogP contribution is -2.28. The number of hydrogen-bond donors (Lipinski definition) is 1. The minimum atomic E-state index is 0.408. The van der Waals surface area contributed by atoms with Gasteiger partial charge in [0.1, 0.15) is 0 Å². The number of imidazole rings is 1. The topological polar surface area (TPSA) is 56.3 Å². The summed E-state index contributed by atoms with van der Waals surface area (Å²) in [6.45, 7) is 4.27. The highest BCUT2D eigenvalue weighted by Crippen LogP contribution is 2.13. The maximum Gasteiger partial charge on any atom is 0.0950 e. The van der Waals surface area contributed by atoms with Crippen LogP contribution < -0.4 is 5.73 Å². The van der Waals surface area contributed by atoms with Crippen LogP contribution in [-0.4, -0.2) is 47.3 Å². The van der Waals surface area contributed by atoms with Gasteiger partial charge in [0.15, 0.2) is 0 Å². The van der Waals surface area contributed by atoms with E-state index in [1.54, 1.807) is 0 Å². The third-order valence-electron chi connectivity index (χ3n) is 3.05. The maximum absolute atomic E-state index is 5.62. The molecule has 0 spiro atoms. The lowest BCUT2D eigenvalue weighted by atomic mass is 10.2. The molecule has 2 rings (SSSR count). The Labute approximate surface area is 103 Å². The van der Waals surface area contributed by atoms with Crippen molar-refractivity contribution in [3.8, 4) is 0 Å². The van der Waals surface area contributed by atoms with E-state index in [2.05, 4.69) is 23.1 Å². The zero-order valence-electron chi connectivity index (χ0n) is 10.5. The molecule has 0 radical (unpaired) electrons.